The molecule has 0 saturated carbocycles. The van der Waals surface area contributed by atoms with Crippen molar-refractivity contribution in [1.29, 1.82) is 0 Å². The molecule has 3 heterocycles. The lowest BCUT2D eigenvalue weighted by Crippen LogP contribution is -2.35. The summed E-state index contributed by atoms with van der Waals surface area (Å²) in [5, 5.41) is 6.88. The first-order chi connectivity index (χ1) is 14.7. The van der Waals surface area contributed by atoms with Crippen LogP contribution >= 0.6 is 0 Å². The molecule has 2 atom stereocenters. The molecular weight excluding hydrogens is 374 g/mol. The number of nitrogens with zero attached hydrogens (tertiary/aromatic N) is 4. The second-order valence-electron chi connectivity index (χ2n) is 8.25. The molecule has 152 valence electrons. The Morgan fingerprint density at radius 2 is 2.03 bits per heavy atom. The van der Waals surface area contributed by atoms with E-state index in [1.807, 2.05) is 54.0 Å². The van der Waals surface area contributed by atoms with Gasteiger partial charge < -0.3 is 9.47 Å². The van der Waals surface area contributed by atoms with E-state index in [4.69, 9.17) is 0 Å². The van der Waals surface area contributed by atoms with E-state index in [0.29, 0.717) is 12.3 Å². The molecule has 1 aliphatic heterocycles. The van der Waals surface area contributed by atoms with Crippen LogP contribution in [-0.2, 0) is 17.8 Å². The summed E-state index contributed by atoms with van der Waals surface area (Å²) in [6.07, 6.45) is 7.12. The molecule has 0 spiro atoms. The van der Waals surface area contributed by atoms with Crippen molar-refractivity contribution >= 4 is 16.9 Å². The molecule has 1 aliphatic rings. The molecule has 0 aliphatic carbocycles. The molecule has 1 saturated heterocycles. The minimum absolute atomic E-state index is 0.219. The van der Waals surface area contributed by atoms with Crippen molar-refractivity contribution in [1.82, 2.24) is 24.6 Å². The maximum Gasteiger partial charge on any atom is 0.227 e. The van der Waals surface area contributed by atoms with Crippen LogP contribution in [0.5, 0.6) is 0 Å². The van der Waals surface area contributed by atoms with E-state index >= 15 is 0 Å². The van der Waals surface area contributed by atoms with Crippen LogP contribution < -0.4 is 0 Å². The summed E-state index contributed by atoms with van der Waals surface area (Å²) < 4.78 is 2.22. The summed E-state index contributed by atoms with van der Waals surface area (Å²) in [5.74, 6) is 0.655. The molecule has 0 radical (unpaired) electrons. The number of imidazole rings is 1. The lowest BCUT2D eigenvalue weighted by molar-refractivity contribution is -0.131. The summed E-state index contributed by atoms with van der Waals surface area (Å²) in [5.41, 5.74) is 5.35. The van der Waals surface area contributed by atoms with E-state index < -0.39 is 0 Å². The fourth-order valence-electron chi connectivity index (χ4n) is 4.57. The summed E-state index contributed by atoms with van der Waals surface area (Å²) in [6, 6.07) is 16.6. The first-order valence-electron chi connectivity index (χ1n) is 10.4. The molecule has 6 nitrogen and oxygen atoms in total. The van der Waals surface area contributed by atoms with Crippen molar-refractivity contribution in [3.63, 3.8) is 0 Å². The number of benzene rings is 2. The Bertz CT molecular complexity index is 1150. The number of carbonyl (C=O) groups is 1. The molecule has 5 rings (SSSR count). The highest BCUT2D eigenvalue weighted by molar-refractivity contribution is 5.82. The maximum absolute atomic E-state index is 12.8. The minimum atomic E-state index is 0.219. The van der Waals surface area contributed by atoms with E-state index in [1.54, 1.807) is 0 Å². The van der Waals surface area contributed by atoms with Crippen LogP contribution in [0.1, 0.15) is 18.9 Å². The van der Waals surface area contributed by atoms with Crippen molar-refractivity contribution < 1.29 is 4.79 Å². The number of aromatic nitrogens is 4. The van der Waals surface area contributed by atoms with Gasteiger partial charge in [-0.05, 0) is 42.5 Å². The van der Waals surface area contributed by atoms with Gasteiger partial charge in [0.2, 0.25) is 5.91 Å². The summed E-state index contributed by atoms with van der Waals surface area (Å²) in [7, 11) is 0. The number of H-pyrrole nitrogens is 1. The Balaban J connectivity index is 1.28. The number of nitrogens with one attached hydrogen (secondary N) is 1. The Kier molecular flexibility index (Phi) is 4.83. The highest BCUT2D eigenvalue weighted by Crippen LogP contribution is 2.28. The minimum Gasteiger partial charge on any atom is -0.339 e. The number of fused-ring (bicyclic) bond motifs is 1. The van der Waals surface area contributed by atoms with Gasteiger partial charge in [0.15, 0.2) is 0 Å². The van der Waals surface area contributed by atoms with Crippen LogP contribution in [0, 0.1) is 5.92 Å². The number of hydrogen-bond donors (Lipinski definition) is 1. The normalized spacial score (nSPS) is 18.9. The molecule has 1 unspecified atom stereocenters. The Morgan fingerprint density at radius 3 is 2.83 bits per heavy atom. The van der Waals surface area contributed by atoms with Gasteiger partial charge in [0.05, 0.1) is 30.0 Å². The van der Waals surface area contributed by atoms with Crippen LogP contribution in [0.15, 0.2) is 67.3 Å². The molecule has 30 heavy (non-hydrogen) atoms. The predicted molar refractivity (Wildman–Crippen MR) is 117 cm³/mol. The van der Waals surface area contributed by atoms with E-state index in [2.05, 4.69) is 44.9 Å². The van der Waals surface area contributed by atoms with E-state index in [0.717, 1.165) is 47.2 Å². The zero-order valence-electron chi connectivity index (χ0n) is 17.0. The molecule has 0 bridgehead atoms. The molecule has 6 heteroatoms. The van der Waals surface area contributed by atoms with Gasteiger partial charge in [-0.25, -0.2) is 4.98 Å². The molecular formula is C24H25N5O. The van der Waals surface area contributed by atoms with Gasteiger partial charge in [-0.2, -0.15) is 5.10 Å². The first kappa shape index (κ1) is 18.6. The fraction of sp³-hybridized carbons (Fsp3) is 0.292. The predicted octanol–water partition coefficient (Wildman–Crippen LogP) is 3.91. The Labute approximate surface area is 175 Å². The largest absolute Gasteiger partial charge is 0.339 e. The summed E-state index contributed by atoms with van der Waals surface area (Å²) in [4.78, 5) is 19.5. The van der Waals surface area contributed by atoms with Crippen LogP contribution in [0.4, 0.5) is 0 Å². The van der Waals surface area contributed by atoms with Gasteiger partial charge in [-0.1, -0.05) is 36.4 Å². The molecule has 1 amide bonds. The highest BCUT2D eigenvalue weighted by atomic mass is 16.2. The third kappa shape index (κ3) is 3.61. The van der Waals surface area contributed by atoms with Gasteiger partial charge in [0, 0.05) is 30.9 Å². The molecule has 2 aromatic carbocycles. The number of hydrogen-bond acceptors (Lipinski definition) is 3. The van der Waals surface area contributed by atoms with Crippen molar-refractivity contribution in [2.24, 2.45) is 5.92 Å². The first-order valence-corrected chi connectivity index (χ1v) is 10.4. The average molecular weight is 399 g/mol. The van der Waals surface area contributed by atoms with Gasteiger partial charge >= 0.3 is 0 Å². The van der Waals surface area contributed by atoms with Gasteiger partial charge in [-0.3, -0.25) is 9.89 Å². The van der Waals surface area contributed by atoms with Gasteiger partial charge in [-0.15, -0.1) is 0 Å². The number of aromatic amines is 1. The third-order valence-corrected chi connectivity index (χ3v) is 6.09. The second-order valence-corrected chi connectivity index (χ2v) is 8.25. The molecule has 2 aromatic heterocycles. The fourth-order valence-corrected chi connectivity index (χ4v) is 4.57. The Morgan fingerprint density at radius 1 is 1.17 bits per heavy atom. The van der Waals surface area contributed by atoms with Crippen LogP contribution in [0.2, 0.25) is 0 Å². The monoisotopic (exact) mass is 399 g/mol. The lowest BCUT2D eigenvalue weighted by atomic mass is 10.1. The molecule has 1 fully saturated rings. The van der Waals surface area contributed by atoms with E-state index in [1.165, 1.54) is 0 Å². The van der Waals surface area contributed by atoms with Crippen LogP contribution in [0.25, 0.3) is 22.2 Å². The highest BCUT2D eigenvalue weighted by Gasteiger charge is 2.32. The van der Waals surface area contributed by atoms with Crippen LogP contribution in [-0.4, -0.2) is 43.1 Å². The van der Waals surface area contributed by atoms with Crippen molar-refractivity contribution in [2.75, 3.05) is 6.54 Å². The lowest BCUT2D eigenvalue weighted by Gasteiger charge is -2.21. The van der Waals surface area contributed by atoms with E-state index in [-0.39, 0.29) is 11.9 Å². The number of amides is 1. The molecule has 4 aromatic rings. The topological polar surface area (TPSA) is 66.8 Å². The standard InChI is InChI=1S/C24H25N5O/c1-17-9-19(15-29(17)24(30)10-18-5-3-2-4-6-18)14-28-16-25-22-11-20(7-8-23(22)28)21-12-26-27-13-21/h2-8,11-13,16-17,19H,9-10,14-15H2,1H3,(H,26,27)/t17-,19?/m0/s1. The Hall–Kier alpha value is -3.41. The van der Waals surface area contributed by atoms with Gasteiger partial charge in [0.1, 0.15) is 0 Å². The van der Waals surface area contributed by atoms with Crippen molar-refractivity contribution in [3.05, 3.63) is 72.8 Å². The summed E-state index contributed by atoms with van der Waals surface area (Å²) >= 11 is 0. The van der Waals surface area contributed by atoms with E-state index in [9.17, 15) is 4.79 Å². The van der Waals surface area contributed by atoms with Crippen LogP contribution in [0.3, 0.4) is 0 Å². The average Bonchev–Trinajstić information content (AvgIpc) is 3.49. The smallest absolute Gasteiger partial charge is 0.227 e. The second kappa shape index (κ2) is 7.78. The van der Waals surface area contributed by atoms with Gasteiger partial charge in [0.25, 0.3) is 0 Å². The SMILES string of the molecule is C[C@H]1CC(Cn2cnc3cc(-c4cn[nH]c4)ccc32)CN1C(=O)Cc1ccccc1. The number of likely N-dealkylation sites (tertiary alicyclic amines) is 1. The third-order valence-electron chi connectivity index (χ3n) is 6.09. The quantitative estimate of drug-likeness (QED) is 0.553. The zero-order chi connectivity index (χ0) is 20.5. The zero-order valence-corrected chi connectivity index (χ0v) is 17.0. The van der Waals surface area contributed by atoms with Crippen molar-refractivity contribution in [3.8, 4) is 11.1 Å². The number of rotatable bonds is 5. The maximum atomic E-state index is 12.8. The summed E-state index contributed by atoms with van der Waals surface area (Å²) in [6.45, 7) is 3.84. The molecule has 1 N–H and O–H groups in total. The number of carbonyl (C=O) groups excluding carboxylic acids is 1. The van der Waals surface area contributed by atoms with Crippen molar-refractivity contribution in [2.45, 2.75) is 32.4 Å².